The molecule has 0 unspecified atom stereocenters. The lowest BCUT2D eigenvalue weighted by Crippen LogP contribution is -2.23. The molecule has 0 fully saturated rings. The minimum absolute atomic E-state index is 0.318. The maximum absolute atomic E-state index is 11.8. The number of sulfonamides is 1. The Bertz CT molecular complexity index is 761. The number of nitrogens with zero attached hydrogens (tertiary/aromatic N) is 1. The van der Waals surface area contributed by atoms with Gasteiger partial charge in [0, 0.05) is 16.1 Å². The van der Waals surface area contributed by atoms with Gasteiger partial charge in [-0.25, -0.2) is 8.42 Å². The number of aromatic nitrogens is 1. The van der Waals surface area contributed by atoms with Crippen LogP contribution in [-0.2, 0) is 19.6 Å². The number of carbonyl (C=O) groups excluding carboxylic acids is 1. The summed E-state index contributed by atoms with van der Waals surface area (Å²) >= 11 is 3.30. The number of hydrogen-bond donors (Lipinski definition) is 1. The quantitative estimate of drug-likeness (QED) is 0.843. The Morgan fingerprint density at radius 2 is 2.20 bits per heavy atom. The summed E-state index contributed by atoms with van der Waals surface area (Å²) in [5.74, 6) is -1.57. The number of hydrogen-bond acceptors (Lipinski definition) is 5. The Labute approximate surface area is 124 Å². The number of methoxy groups -OCH3 is 1. The molecule has 2 rings (SSSR count). The molecule has 1 N–H and O–H groups in total. The highest BCUT2D eigenvalue weighted by Crippen LogP contribution is 2.24. The molecule has 0 bridgehead atoms. The van der Waals surface area contributed by atoms with Crippen molar-refractivity contribution >= 4 is 48.5 Å². The molecule has 1 heterocycles. The fourth-order valence-corrected chi connectivity index (χ4v) is 2.98. The molecule has 8 heteroatoms. The zero-order valence-corrected chi connectivity index (χ0v) is 12.9. The number of esters is 1. The van der Waals surface area contributed by atoms with Crippen molar-refractivity contribution in [3.05, 3.63) is 34.9 Å². The number of fused-ring (bicyclic) bond motifs is 1. The van der Waals surface area contributed by atoms with Crippen molar-refractivity contribution < 1.29 is 17.9 Å². The van der Waals surface area contributed by atoms with Crippen LogP contribution in [-0.4, -0.2) is 32.2 Å². The number of halogens is 1. The number of ether oxygens (including phenoxy) is 1. The van der Waals surface area contributed by atoms with Gasteiger partial charge < -0.3 is 4.74 Å². The van der Waals surface area contributed by atoms with Gasteiger partial charge in [-0.2, -0.15) is 0 Å². The maximum Gasteiger partial charge on any atom is 0.322 e. The molecule has 6 nitrogen and oxygen atoms in total. The molecule has 0 aliphatic rings. The summed E-state index contributed by atoms with van der Waals surface area (Å²) < 4.78 is 31.1. The molecule has 0 aliphatic carbocycles. The molecule has 0 atom stereocenters. The van der Waals surface area contributed by atoms with Crippen molar-refractivity contribution in [2.24, 2.45) is 0 Å². The van der Waals surface area contributed by atoms with Gasteiger partial charge in [0.15, 0.2) is 5.75 Å². The molecule has 1 aromatic heterocycles. The molecule has 0 saturated carbocycles. The number of rotatable bonds is 4. The van der Waals surface area contributed by atoms with E-state index in [9.17, 15) is 13.2 Å². The average Bonchev–Trinajstić information content (AvgIpc) is 2.37. The second-order valence-electron chi connectivity index (χ2n) is 3.97. The van der Waals surface area contributed by atoms with E-state index in [2.05, 4.69) is 30.4 Å². The lowest BCUT2D eigenvalue weighted by atomic mass is 10.2. The van der Waals surface area contributed by atoms with E-state index in [-0.39, 0.29) is 0 Å². The van der Waals surface area contributed by atoms with Crippen molar-refractivity contribution in [3.63, 3.8) is 0 Å². The van der Waals surface area contributed by atoms with Crippen molar-refractivity contribution in [2.45, 2.75) is 0 Å². The fourth-order valence-electron chi connectivity index (χ4n) is 1.63. The molecule has 0 spiro atoms. The Hall–Kier alpha value is -1.67. The van der Waals surface area contributed by atoms with Crippen LogP contribution in [0.15, 0.2) is 34.9 Å². The molecule has 0 aliphatic heterocycles. The minimum atomic E-state index is -3.82. The van der Waals surface area contributed by atoms with Gasteiger partial charge in [-0.3, -0.25) is 14.5 Å². The second kappa shape index (κ2) is 5.76. The lowest BCUT2D eigenvalue weighted by Gasteiger charge is -2.09. The number of carbonyl (C=O) groups is 1. The number of pyridine rings is 1. The third-order valence-electron chi connectivity index (χ3n) is 2.48. The molecule has 1 aromatic carbocycles. The highest BCUT2D eigenvalue weighted by Gasteiger charge is 2.18. The number of anilines is 1. The van der Waals surface area contributed by atoms with Crippen LogP contribution in [0.25, 0.3) is 10.9 Å². The Balaban J connectivity index is 2.37. The molecule has 0 amide bonds. The molecular formula is C12H11BrN2O4S. The molecule has 106 valence electrons. The van der Waals surface area contributed by atoms with E-state index in [0.717, 1.165) is 17.0 Å². The molecule has 0 saturated heterocycles. The van der Waals surface area contributed by atoms with E-state index in [0.29, 0.717) is 11.2 Å². The minimum Gasteiger partial charge on any atom is -0.468 e. The first kappa shape index (κ1) is 14.7. The molecule has 2 aromatic rings. The Morgan fingerprint density at radius 3 is 2.90 bits per heavy atom. The van der Waals surface area contributed by atoms with Crippen LogP contribution in [0.5, 0.6) is 0 Å². The normalized spacial score (nSPS) is 11.3. The summed E-state index contributed by atoms with van der Waals surface area (Å²) in [5, 5.41) is 0.776. The van der Waals surface area contributed by atoms with E-state index in [1.54, 1.807) is 18.3 Å². The van der Waals surface area contributed by atoms with Gasteiger partial charge in [-0.1, -0.05) is 12.1 Å². The zero-order valence-electron chi connectivity index (χ0n) is 10.5. The maximum atomic E-state index is 11.8. The first-order valence-electron chi connectivity index (χ1n) is 5.53. The predicted molar refractivity (Wildman–Crippen MR) is 78.9 cm³/mol. The molecule has 20 heavy (non-hydrogen) atoms. The topological polar surface area (TPSA) is 85.4 Å². The molecule has 0 radical (unpaired) electrons. The van der Waals surface area contributed by atoms with E-state index in [4.69, 9.17) is 0 Å². The second-order valence-corrected chi connectivity index (χ2v) is 6.61. The summed E-state index contributed by atoms with van der Waals surface area (Å²) in [6.45, 7) is 0. The first-order chi connectivity index (χ1) is 9.41. The lowest BCUT2D eigenvalue weighted by molar-refractivity contribution is -0.137. The van der Waals surface area contributed by atoms with Crippen LogP contribution < -0.4 is 4.72 Å². The van der Waals surface area contributed by atoms with E-state index >= 15 is 0 Å². The summed E-state index contributed by atoms with van der Waals surface area (Å²) in [5.41, 5.74) is 0.822. The van der Waals surface area contributed by atoms with Gasteiger partial charge in [-0.15, -0.1) is 0 Å². The highest BCUT2D eigenvalue weighted by atomic mass is 79.9. The molecular weight excluding hydrogens is 348 g/mol. The highest BCUT2D eigenvalue weighted by molar-refractivity contribution is 9.10. The van der Waals surface area contributed by atoms with E-state index in [1.165, 1.54) is 0 Å². The SMILES string of the molecule is COC(=O)CS(=O)(=O)Nc1cccc2cc(Br)cnc12. The number of nitrogens with one attached hydrogen (secondary N) is 1. The number of benzene rings is 1. The van der Waals surface area contributed by atoms with Crippen molar-refractivity contribution in [2.75, 3.05) is 17.6 Å². The van der Waals surface area contributed by atoms with E-state index in [1.807, 2.05) is 12.1 Å². The van der Waals surface area contributed by atoms with Crippen molar-refractivity contribution in [3.8, 4) is 0 Å². The fraction of sp³-hybridized carbons (Fsp3) is 0.167. The standard InChI is InChI=1S/C12H11BrN2O4S/c1-19-11(16)7-20(17,18)15-10-4-2-3-8-5-9(13)6-14-12(8)10/h2-6,15H,7H2,1H3. The largest absolute Gasteiger partial charge is 0.468 e. The summed E-state index contributed by atoms with van der Waals surface area (Å²) in [7, 11) is -2.69. The third kappa shape index (κ3) is 3.45. The third-order valence-corrected chi connectivity index (χ3v) is 4.06. The summed E-state index contributed by atoms with van der Waals surface area (Å²) in [6.07, 6.45) is 1.57. The smallest absolute Gasteiger partial charge is 0.322 e. The van der Waals surface area contributed by atoms with Crippen LogP contribution in [0, 0.1) is 0 Å². The van der Waals surface area contributed by atoms with Crippen LogP contribution in [0.2, 0.25) is 0 Å². The Morgan fingerprint density at radius 1 is 1.45 bits per heavy atom. The summed E-state index contributed by atoms with van der Waals surface area (Å²) in [4.78, 5) is 15.2. The van der Waals surface area contributed by atoms with Gasteiger partial charge in [0.05, 0.1) is 18.3 Å². The van der Waals surface area contributed by atoms with Gasteiger partial charge >= 0.3 is 5.97 Å². The number of para-hydroxylation sites is 1. The predicted octanol–water partition coefficient (Wildman–Crippen LogP) is 1.91. The van der Waals surface area contributed by atoms with Crippen LogP contribution in [0.3, 0.4) is 0 Å². The first-order valence-corrected chi connectivity index (χ1v) is 7.97. The summed E-state index contributed by atoms with van der Waals surface area (Å²) in [6, 6.07) is 6.91. The van der Waals surface area contributed by atoms with E-state index < -0.39 is 21.7 Å². The monoisotopic (exact) mass is 358 g/mol. The van der Waals surface area contributed by atoms with Gasteiger partial charge in [-0.05, 0) is 28.1 Å². The Kier molecular flexibility index (Phi) is 4.24. The van der Waals surface area contributed by atoms with Crippen molar-refractivity contribution in [1.29, 1.82) is 0 Å². The van der Waals surface area contributed by atoms with Crippen LogP contribution >= 0.6 is 15.9 Å². The zero-order chi connectivity index (χ0) is 14.8. The van der Waals surface area contributed by atoms with Crippen LogP contribution in [0.4, 0.5) is 5.69 Å². The van der Waals surface area contributed by atoms with Gasteiger partial charge in [0.25, 0.3) is 0 Å². The average molecular weight is 359 g/mol. The van der Waals surface area contributed by atoms with Gasteiger partial charge in [0.1, 0.15) is 0 Å². The van der Waals surface area contributed by atoms with Crippen molar-refractivity contribution in [1.82, 2.24) is 4.98 Å². The van der Waals surface area contributed by atoms with Crippen LogP contribution in [0.1, 0.15) is 0 Å². The van der Waals surface area contributed by atoms with Gasteiger partial charge in [0.2, 0.25) is 10.0 Å².